The third-order valence-corrected chi connectivity index (χ3v) is 3.82. The number of nitrogen functional groups attached to an aromatic ring is 1. The Balaban J connectivity index is 2.25. The van der Waals surface area contributed by atoms with Gasteiger partial charge in [0.25, 0.3) is 0 Å². The summed E-state index contributed by atoms with van der Waals surface area (Å²) < 4.78 is 5.11. The molecule has 3 N–H and O–H groups in total. The number of ether oxygens (including phenoxy) is 1. The summed E-state index contributed by atoms with van der Waals surface area (Å²) in [7, 11) is 3.78. The zero-order chi connectivity index (χ0) is 14.8. The molecule has 0 unspecified atom stereocenters. The van der Waals surface area contributed by atoms with Crippen molar-refractivity contribution in [3.63, 3.8) is 0 Å². The predicted octanol–water partition coefficient (Wildman–Crippen LogP) is 0.439. The van der Waals surface area contributed by atoms with Crippen molar-refractivity contribution in [3.05, 3.63) is 11.9 Å². The number of hydrogen-bond donors (Lipinski definition) is 2. The first-order valence-electron chi connectivity index (χ1n) is 6.76. The Kier molecular flexibility index (Phi) is 4.42. The highest BCUT2D eigenvalue weighted by atomic mass is 16.5. The number of aromatic nitrogens is 2. The van der Waals surface area contributed by atoms with Crippen LogP contribution < -0.4 is 16.2 Å². The average Bonchev–Trinajstić information content (AvgIpc) is 2.41. The second kappa shape index (κ2) is 5.90. The zero-order valence-electron chi connectivity index (χ0n) is 12.7. The fourth-order valence-corrected chi connectivity index (χ4v) is 2.35. The van der Waals surface area contributed by atoms with Crippen molar-refractivity contribution in [1.29, 1.82) is 0 Å². The van der Waals surface area contributed by atoms with Crippen molar-refractivity contribution >= 4 is 11.6 Å². The number of piperazine rings is 1. The van der Waals surface area contributed by atoms with Gasteiger partial charge in [-0.15, -0.1) is 0 Å². The summed E-state index contributed by atoms with van der Waals surface area (Å²) in [5, 5.41) is 0. The number of rotatable bonds is 4. The van der Waals surface area contributed by atoms with Crippen molar-refractivity contribution in [2.75, 3.05) is 44.1 Å². The van der Waals surface area contributed by atoms with E-state index in [0.717, 1.165) is 25.5 Å². The van der Waals surface area contributed by atoms with E-state index in [-0.39, 0.29) is 5.54 Å². The largest absolute Gasteiger partial charge is 0.377 e. The molecule has 0 spiro atoms. The van der Waals surface area contributed by atoms with Crippen LogP contribution in [0.15, 0.2) is 6.07 Å². The van der Waals surface area contributed by atoms with Crippen LogP contribution in [0.5, 0.6) is 0 Å². The van der Waals surface area contributed by atoms with Gasteiger partial charge in [0.05, 0.1) is 0 Å². The summed E-state index contributed by atoms with van der Waals surface area (Å²) in [5.41, 5.74) is 2.70. The van der Waals surface area contributed by atoms with Gasteiger partial charge in [0.15, 0.2) is 5.82 Å². The lowest BCUT2D eigenvalue weighted by Crippen LogP contribution is -2.58. The third-order valence-electron chi connectivity index (χ3n) is 3.82. The Bertz CT molecular complexity index is 464. The Labute approximate surface area is 120 Å². The predicted molar refractivity (Wildman–Crippen MR) is 79.5 cm³/mol. The summed E-state index contributed by atoms with van der Waals surface area (Å²) in [6.45, 7) is 7.70. The maximum absolute atomic E-state index is 5.48. The molecular weight excluding hydrogens is 256 g/mol. The summed E-state index contributed by atoms with van der Waals surface area (Å²) >= 11 is 0. The van der Waals surface area contributed by atoms with E-state index in [4.69, 9.17) is 10.6 Å². The molecule has 112 valence electrons. The maximum Gasteiger partial charge on any atom is 0.158 e. The minimum absolute atomic E-state index is 0.112. The van der Waals surface area contributed by atoms with E-state index in [9.17, 15) is 0 Å². The van der Waals surface area contributed by atoms with Gasteiger partial charge in [-0.05, 0) is 20.9 Å². The molecule has 1 aromatic heterocycles. The van der Waals surface area contributed by atoms with Gasteiger partial charge in [-0.2, -0.15) is 0 Å². The molecule has 7 nitrogen and oxygen atoms in total. The molecule has 1 aromatic rings. The molecule has 1 saturated heterocycles. The van der Waals surface area contributed by atoms with Crippen LogP contribution in [-0.2, 0) is 11.3 Å². The molecule has 0 radical (unpaired) electrons. The fraction of sp³-hybridized carbons (Fsp3) is 0.692. The van der Waals surface area contributed by atoms with Crippen LogP contribution in [0.3, 0.4) is 0 Å². The van der Waals surface area contributed by atoms with E-state index in [1.165, 1.54) is 0 Å². The molecule has 2 heterocycles. The smallest absolute Gasteiger partial charge is 0.158 e. The zero-order valence-corrected chi connectivity index (χ0v) is 12.7. The van der Waals surface area contributed by atoms with Gasteiger partial charge < -0.3 is 15.1 Å². The number of anilines is 2. The molecule has 0 atom stereocenters. The van der Waals surface area contributed by atoms with Crippen LogP contribution in [0.1, 0.15) is 19.7 Å². The van der Waals surface area contributed by atoms with Gasteiger partial charge >= 0.3 is 0 Å². The molecular formula is C13H24N6O. The summed E-state index contributed by atoms with van der Waals surface area (Å²) in [5.74, 6) is 7.61. The van der Waals surface area contributed by atoms with Crippen LogP contribution >= 0.6 is 0 Å². The van der Waals surface area contributed by atoms with E-state index >= 15 is 0 Å². The minimum Gasteiger partial charge on any atom is -0.377 e. The highest BCUT2D eigenvalue weighted by molar-refractivity contribution is 5.49. The second-order valence-electron chi connectivity index (χ2n) is 5.76. The van der Waals surface area contributed by atoms with Crippen LogP contribution in [-0.4, -0.2) is 54.2 Å². The molecule has 7 heteroatoms. The van der Waals surface area contributed by atoms with Crippen molar-refractivity contribution < 1.29 is 4.74 Å². The van der Waals surface area contributed by atoms with E-state index < -0.39 is 0 Å². The van der Waals surface area contributed by atoms with Crippen molar-refractivity contribution in [2.45, 2.75) is 26.0 Å². The van der Waals surface area contributed by atoms with Gasteiger partial charge in [-0.3, -0.25) is 4.90 Å². The highest BCUT2D eigenvalue weighted by Crippen LogP contribution is 2.24. The van der Waals surface area contributed by atoms with Crippen LogP contribution in [0.4, 0.5) is 11.6 Å². The monoisotopic (exact) mass is 280 g/mol. The van der Waals surface area contributed by atoms with Crippen molar-refractivity contribution in [3.8, 4) is 0 Å². The Morgan fingerprint density at radius 2 is 2.15 bits per heavy atom. The van der Waals surface area contributed by atoms with E-state index in [1.807, 2.05) is 6.07 Å². The van der Waals surface area contributed by atoms with E-state index in [1.54, 1.807) is 7.11 Å². The summed E-state index contributed by atoms with van der Waals surface area (Å²) in [4.78, 5) is 13.5. The Morgan fingerprint density at radius 1 is 1.40 bits per heavy atom. The first kappa shape index (κ1) is 15.0. The molecule has 0 aromatic carbocycles. The number of likely N-dealkylation sites (N-methyl/N-ethyl adjacent to an activating group) is 1. The lowest BCUT2D eigenvalue weighted by Gasteiger charge is -2.45. The summed E-state index contributed by atoms with van der Waals surface area (Å²) in [6.07, 6.45) is 0. The normalized spacial score (nSPS) is 19.1. The molecule has 1 fully saturated rings. The maximum atomic E-state index is 5.48. The molecule has 1 aliphatic rings. The quantitative estimate of drug-likeness (QED) is 0.612. The molecule has 2 rings (SSSR count). The van der Waals surface area contributed by atoms with E-state index in [0.29, 0.717) is 18.2 Å². The number of hydrogen-bond acceptors (Lipinski definition) is 7. The van der Waals surface area contributed by atoms with Crippen LogP contribution in [0.25, 0.3) is 0 Å². The minimum atomic E-state index is 0.112. The molecule has 0 amide bonds. The SMILES string of the molecule is COCc1nc(NN)cc(N2CCN(C)C(C)(C)C2)n1. The topological polar surface area (TPSA) is 79.5 Å². The molecule has 20 heavy (non-hydrogen) atoms. The number of nitrogens with zero attached hydrogens (tertiary/aromatic N) is 4. The van der Waals surface area contributed by atoms with Crippen LogP contribution in [0, 0.1) is 0 Å². The average molecular weight is 280 g/mol. The second-order valence-corrected chi connectivity index (χ2v) is 5.76. The van der Waals surface area contributed by atoms with Gasteiger partial charge in [0.1, 0.15) is 18.2 Å². The third kappa shape index (κ3) is 3.17. The standard InChI is InChI=1S/C13H24N6O/c1-13(2)9-19(6-5-18(13)3)12-7-10(17-14)15-11(16-12)8-20-4/h7H,5-6,8-9,14H2,1-4H3,(H,15,16,17). The molecule has 1 aliphatic heterocycles. The highest BCUT2D eigenvalue weighted by Gasteiger charge is 2.31. The number of methoxy groups -OCH3 is 1. The van der Waals surface area contributed by atoms with Crippen molar-refractivity contribution in [1.82, 2.24) is 14.9 Å². The first-order chi connectivity index (χ1) is 9.46. The number of nitrogens with two attached hydrogens (primary N) is 1. The van der Waals surface area contributed by atoms with E-state index in [2.05, 4.69) is 46.1 Å². The van der Waals surface area contributed by atoms with Crippen LogP contribution in [0.2, 0.25) is 0 Å². The Morgan fingerprint density at radius 3 is 2.75 bits per heavy atom. The lowest BCUT2D eigenvalue weighted by atomic mass is 10.00. The molecule has 0 aliphatic carbocycles. The first-order valence-corrected chi connectivity index (χ1v) is 6.76. The lowest BCUT2D eigenvalue weighted by molar-refractivity contribution is 0.138. The number of hydrazine groups is 1. The van der Waals surface area contributed by atoms with Gasteiger partial charge in [0.2, 0.25) is 0 Å². The molecule has 0 bridgehead atoms. The van der Waals surface area contributed by atoms with Gasteiger partial charge in [-0.25, -0.2) is 15.8 Å². The fourth-order valence-electron chi connectivity index (χ4n) is 2.35. The van der Waals surface area contributed by atoms with Gasteiger partial charge in [0, 0.05) is 38.3 Å². The van der Waals surface area contributed by atoms with Crippen molar-refractivity contribution in [2.24, 2.45) is 5.84 Å². The number of nitrogens with one attached hydrogen (secondary N) is 1. The summed E-state index contributed by atoms with van der Waals surface area (Å²) in [6, 6.07) is 1.88. The Hall–Kier alpha value is -1.44. The molecule has 0 saturated carbocycles. The van der Waals surface area contributed by atoms with Gasteiger partial charge in [-0.1, -0.05) is 0 Å².